The minimum atomic E-state index is -1.08. The highest BCUT2D eigenvalue weighted by molar-refractivity contribution is 5.74. The molecule has 4 aromatic rings. The second-order valence-electron chi connectivity index (χ2n) is 9.17. The Morgan fingerprint density at radius 3 is 2.34 bits per heavy atom. The molecule has 0 fully saturated rings. The zero-order valence-electron chi connectivity index (χ0n) is 20.9. The zero-order valence-corrected chi connectivity index (χ0v) is 20.9. The lowest BCUT2D eigenvalue weighted by Gasteiger charge is -2.19. The van der Waals surface area contributed by atoms with Gasteiger partial charge in [0.1, 0.15) is 11.4 Å². The van der Waals surface area contributed by atoms with Crippen LogP contribution in [0.1, 0.15) is 34.7 Å². The van der Waals surface area contributed by atoms with Crippen LogP contribution in [0.2, 0.25) is 0 Å². The first-order valence-electron chi connectivity index (χ1n) is 12.1. The average molecular weight is 519 g/mol. The maximum atomic E-state index is 16.0. The van der Waals surface area contributed by atoms with E-state index >= 15 is 4.39 Å². The van der Waals surface area contributed by atoms with Crippen molar-refractivity contribution >= 4 is 5.91 Å². The van der Waals surface area contributed by atoms with Gasteiger partial charge in [0.25, 0.3) is 5.56 Å². The molecule has 0 aliphatic heterocycles. The van der Waals surface area contributed by atoms with Gasteiger partial charge in [-0.1, -0.05) is 66.7 Å². The molecule has 38 heavy (non-hydrogen) atoms. The first-order valence-corrected chi connectivity index (χ1v) is 12.1. The summed E-state index contributed by atoms with van der Waals surface area (Å²) in [4.78, 5) is 38.3. The predicted octanol–water partition coefficient (Wildman–Crippen LogP) is 3.43. The predicted molar refractivity (Wildman–Crippen MR) is 141 cm³/mol. The van der Waals surface area contributed by atoms with Crippen LogP contribution >= 0.6 is 0 Å². The smallest absolute Gasteiger partial charge is 0.333 e. The summed E-state index contributed by atoms with van der Waals surface area (Å²) in [6, 6.07) is 19.1. The Hall–Kier alpha value is -4.37. The molecule has 0 unspecified atom stereocenters. The topological polar surface area (TPSA) is 113 Å². The van der Waals surface area contributed by atoms with Crippen molar-refractivity contribution in [2.75, 3.05) is 0 Å². The number of benzene rings is 3. The molecule has 0 radical (unpaired) electrons. The number of halogens is 2. The molecule has 1 heterocycles. The van der Waals surface area contributed by atoms with Crippen LogP contribution in [0.3, 0.4) is 0 Å². The summed E-state index contributed by atoms with van der Waals surface area (Å²) in [5.74, 6) is -2.17. The summed E-state index contributed by atoms with van der Waals surface area (Å²) in [5, 5.41) is 0. The van der Waals surface area contributed by atoms with Gasteiger partial charge in [-0.05, 0) is 41.7 Å². The molecule has 196 valence electrons. The van der Waals surface area contributed by atoms with Gasteiger partial charge >= 0.3 is 5.69 Å². The minimum absolute atomic E-state index is 0.0775. The number of hydrogen-bond acceptors (Lipinski definition) is 4. The molecule has 0 saturated carbocycles. The van der Waals surface area contributed by atoms with Crippen LogP contribution < -0.4 is 22.7 Å². The summed E-state index contributed by atoms with van der Waals surface area (Å²) < 4.78 is 32.4. The van der Waals surface area contributed by atoms with Crippen LogP contribution in [0.4, 0.5) is 8.78 Å². The van der Waals surface area contributed by atoms with E-state index in [1.807, 2.05) is 6.07 Å². The van der Waals surface area contributed by atoms with Gasteiger partial charge in [0.2, 0.25) is 11.9 Å². The summed E-state index contributed by atoms with van der Waals surface area (Å²) in [6.07, 6.45) is 0.375. The van der Waals surface area contributed by atoms with Gasteiger partial charge < -0.3 is 11.5 Å². The van der Waals surface area contributed by atoms with Crippen LogP contribution in [0.5, 0.6) is 0 Å². The van der Waals surface area contributed by atoms with Gasteiger partial charge in [0.05, 0.1) is 13.1 Å². The molecule has 0 saturated heterocycles. The van der Waals surface area contributed by atoms with E-state index in [4.69, 9.17) is 11.5 Å². The van der Waals surface area contributed by atoms with Crippen molar-refractivity contribution < 1.29 is 13.6 Å². The molecule has 0 aliphatic carbocycles. The highest BCUT2D eigenvalue weighted by Gasteiger charge is 2.23. The third-order valence-electron chi connectivity index (χ3n) is 6.52. The van der Waals surface area contributed by atoms with E-state index < -0.39 is 41.5 Å². The van der Waals surface area contributed by atoms with Crippen LogP contribution in [-0.2, 0) is 24.3 Å². The largest absolute Gasteiger partial charge is 0.370 e. The number of aromatic nitrogens is 2. The molecule has 0 aliphatic rings. The molecule has 0 bridgehead atoms. The standard InChI is InChI=1S/C29H28F2N4O3/c1-18-7-5-12-23(30)22(18)16-34-27(31)26(21-11-6-8-19(15-21)13-14-25(33)36)28(37)35(29(34)38)17-24(32)20-9-3-2-4-10-20/h2-12,15,24H,13-14,16-17,32H2,1H3,(H2,33,36)/t24-/m0/s1. The zero-order chi connectivity index (χ0) is 27.4. The fourth-order valence-corrected chi connectivity index (χ4v) is 4.39. The SMILES string of the molecule is Cc1cccc(F)c1Cn1c(F)c(-c2cccc(CCC(N)=O)c2)c(=O)n(C[C@H](N)c2ccccc2)c1=O. The first kappa shape index (κ1) is 26.7. The third kappa shape index (κ3) is 5.63. The lowest BCUT2D eigenvalue weighted by atomic mass is 10.0. The number of amides is 1. The lowest BCUT2D eigenvalue weighted by molar-refractivity contribution is -0.117. The number of carbonyl (C=O) groups excluding carboxylic acids is 1. The van der Waals surface area contributed by atoms with Crippen molar-refractivity contribution in [1.29, 1.82) is 0 Å². The van der Waals surface area contributed by atoms with Gasteiger partial charge in [-0.25, -0.2) is 9.18 Å². The maximum Gasteiger partial charge on any atom is 0.333 e. The van der Waals surface area contributed by atoms with E-state index in [0.29, 0.717) is 23.1 Å². The van der Waals surface area contributed by atoms with E-state index in [9.17, 15) is 18.8 Å². The second kappa shape index (κ2) is 11.4. The fourth-order valence-electron chi connectivity index (χ4n) is 4.39. The monoisotopic (exact) mass is 518 g/mol. The average Bonchev–Trinajstić information content (AvgIpc) is 2.90. The molecule has 4 N–H and O–H groups in total. The van der Waals surface area contributed by atoms with Crippen molar-refractivity contribution in [2.24, 2.45) is 11.5 Å². The van der Waals surface area contributed by atoms with Crippen LogP contribution in [-0.4, -0.2) is 15.0 Å². The number of primary amides is 1. The Morgan fingerprint density at radius 1 is 0.947 bits per heavy atom. The van der Waals surface area contributed by atoms with E-state index in [0.717, 1.165) is 9.13 Å². The van der Waals surface area contributed by atoms with Crippen LogP contribution in [0.25, 0.3) is 11.1 Å². The minimum Gasteiger partial charge on any atom is -0.370 e. The van der Waals surface area contributed by atoms with Crippen molar-refractivity contribution in [3.63, 3.8) is 0 Å². The van der Waals surface area contributed by atoms with Crippen LogP contribution in [0.15, 0.2) is 82.4 Å². The van der Waals surface area contributed by atoms with E-state index in [-0.39, 0.29) is 29.7 Å². The highest BCUT2D eigenvalue weighted by Crippen LogP contribution is 2.22. The summed E-state index contributed by atoms with van der Waals surface area (Å²) in [7, 11) is 0. The molecule has 7 nitrogen and oxygen atoms in total. The van der Waals surface area contributed by atoms with E-state index in [1.54, 1.807) is 55.5 Å². The molecular weight excluding hydrogens is 490 g/mol. The van der Waals surface area contributed by atoms with Crippen molar-refractivity contribution in [2.45, 2.75) is 38.9 Å². The highest BCUT2D eigenvalue weighted by atomic mass is 19.1. The maximum absolute atomic E-state index is 16.0. The summed E-state index contributed by atoms with van der Waals surface area (Å²) >= 11 is 0. The van der Waals surface area contributed by atoms with Crippen LogP contribution in [0, 0.1) is 18.7 Å². The Bertz CT molecular complexity index is 1580. The number of nitrogens with zero attached hydrogens (tertiary/aromatic N) is 2. The number of hydrogen-bond donors (Lipinski definition) is 2. The molecule has 1 aromatic heterocycles. The fraction of sp³-hybridized carbons (Fsp3) is 0.207. The summed E-state index contributed by atoms with van der Waals surface area (Å²) in [6.45, 7) is 1.02. The molecule has 9 heteroatoms. The lowest BCUT2D eigenvalue weighted by Crippen LogP contribution is -2.44. The first-order chi connectivity index (χ1) is 18.2. The van der Waals surface area contributed by atoms with E-state index in [1.165, 1.54) is 18.2 Å². The van der Waals surface area contributed by atoms with Gasteiger partial charge in [0.15, 0.2) is 0 Å². The number of aryl methyl sites for hydroxylation is 2. The number of nitrogens with two attached hydrogens (primary N) is 2. The third-order valence-corrected chi connectivity index (χ3v) is 6.52. The molecular formula is C29H28F2N4O3. The second-order valence-corrected chi connectivity index (χ2v) is 9.17. The Balaban J connectivity index is 1.90. The Morgan fingerprint density at radius 2 is 1.66 bits per heavy atom. The quantitative estimate of drug-likeness (QED) is 0.331. The molecule has 3 aromatic carbocycles. The van der Waals surface area contributed by atoms with Crippen molar-refractivity contribution in [1.82, 2.24) is 9.13 Å². The number of rotatable bonds is 9. The molecule has 1 amide bonds. The summed E-state index contributed by atoms with van der Waals surface area (Å²) in [5.41, 5.74) is 11.7. The van der Waals surface area contributed by atoms with E-state index in [2.05, 4.69) is 0 Å². The van der Waals surface area contributed by atoms with Gasteiger partial charge in [-0.3, -0.25) is 18.7 Å². The number of carbonyl (C=O) groups is 1. The van der Waals surface area contributed by atoms with Gasteiger partial charge in [-0.15, -0.1) is 0 Å². The van der Waals surface area contributed by atoms with Crippen molar-refractivity contribution in [3.8, 4) is 11.1 Å². The molecule has 1 atom stereocenters. The van der Waals surface area contributed by atoms with Gasteiger partial charge in [-0.2, -0.15) is 4.39 Å². The Labute approximate surface area is 218 Å². The normalized spacial score (nSPS) is 11.9. The molecule has 0 spiro atoms. The Kier molecular flexibility index (Phi) is 7.97. The molecule has 4 rings (SSSR count). The van der Waals surface area contributed by atoms with Gasteiger partial charge in [0, 0.05) is 18.0 Å². The van der Waals surface area contributed by atoms with Crippen molar-refractivity contribution in [3.05, 3.63) is 128 Å².